The second-order valence-electron chi connectivity index (χ2n) is 14.5. The molecule has 3 aliphatic heterocycles. The number of alkyl halides is 1. The molecule has 0 aliphatic carbocycles. The van der Waals surface area contributed by atoms with Crippen molar-refractivity contribution >= 4 is 61.6 Å². The fourth-order valence-corrected chi connectivity index (χ4v) is 9.50. The number of imidazole rings is 2. The van der Waals surface area contributed by atoms with Crippen LogP contribution in [0.1, 0.15) is 49.5 Å². The summed E-state index contributed by atoms with van der Waals surface area (Å²) in [5.74, 6) is -1.57. The van der Waals surface area contributed by atoms with Crippen LogP contribution in [0.4, 0.5) is 16.2 Å². The Morgan fingerprint density at radius 1 is 0.922 bits per heavy atom. The molecule has 0 saturated carbocycles. The number of hydrogen-bond acceptors (Lipinski definition) is 20. The van der Waals surface area contributed by atoms with Crippen LogP contribution in [0.2, 0.25) is 0 Å². The summed E-state index contributed by atoms with van der Waals surface area (Å²) in [6.45, 7) is 0.485. The number of anilines is 2. The van der Waals surface area contributed by atoms with E-state index in [4.69, 9.17) is 36.6 Å². The number of carbonyl (C=O) groups excluding carboxylic acids is 2. The highest BCUT2D eigenvalue weighted by molar-refractivity contribution is 7.48. The van der Waals surface area contributed by atoms with Gasteiger partial charge >= 0.3 is 15.6 Å². The molecular weight excluding hydrogens is 889 g/mol. The number of nitrogens with zero attached hydrogens (tertiary/aromatic N) is 9. The van der Waals surface area contributed by atoms with E-state index in [-0.39, 0.29) is 46.9 Å². The summed E-state index contributed by atoms with van der Waals surface area (Å²) in [6, 6.07) is 11.8. The molecule has 3 N–H and O–H groups in total. The molecule has 6 unspecified atom stereocenters. The number of aromatic nitrogens is 8. The fraction of sp³-hybridized carbons (Fsp3) is 0.444. The van der Waals surface area contributed by atoms with Gasteiger partial charge in [0.15, 0.2) is 40.5 Å². The number of fused-ring (bicyclic) bond motifs is 4. The molecule has 1 aromatic carbocycles. The summed E-state index contributed by atoms with van der Waals surface area (Å²) >= 11 is 0. The Bertz CT molecular complexity index is 2800. The predicted octanol–water partition coefficient (Wildman–Crippen LogP) is 3.83. The van der Waals surface area contributed by atoms with Crippen LogP contribution in [0.25, 0.3) is 22.3 Å². The number of phosphoric ester groups is 2. The van der Waals surface area contributed by atoms with Crippen molar-refractivity contribution in [2.24, 2.45) is 5.92 Å². The maximum atomic E-state index is 16.9. The number of carbonyl (C=O) groups is 2. The minimum Gasteiger partial charge on any atom is -0.349 e. The number of H-pyrrole nitrogens is 1. The monoisotopic (exact) mass is 926 g/mol. The Balaban J connectivity index is 1.09. The molecule has 3 aliphatic rings. The van der Waals surface area contributed by atoms with Gasteiger partial charge in [-0.15, -0.1) is 0 Å². The summed E-state index contributed by atoms with van der Waals surface area (Å²) in [5, 5.41) is 23.8. The van der Waals surface area contributed by atoms with E-state index in [2.05, 4.69) is 40.5 Å². The third kappa shape index (κ3) is 9.34. The minimum absolute atomic E-state index is 0.00171. The van der Waals surface area contributed by atoms with Crippen molar-refractivity contribution in [1.29, 1.82) is 10.5 Å². The van der Waals surface area contributed by atoms with Crippen molar-refractivity contribution in [2.45, 2.75) is 69.7 Å². The fourth-order valence-electron chi connectivity index (χ4n) is 6.82. The van der Waals surface area contributed by atoms with Gasteiger partial charge in [0, 0.05) is 17.9 Å². The van der Waals surface area contributed by atoms with Crippen LogP contribution in [0.5, 0.6) is 0 Å². The van der Waals surface area contributed by atoms with Gasteiger partial charge in [-0.1, -0.05) is 32.0 Å². The van der Waals surface area contributed by atoms with Gasteiger partial charge in [0.1, 0.15) is 43.6 Å². The highest BCUT2D eigenvalue weighted by Crippen LogP contribution is 2.58. The van der Waals surface area contributed by atoms with Gasteiger partial charge in [0.2, 0.25) is 11.9 Å². The number of rotatable bonds is 11. The van der Waals surface area contributed by atoms with E-state index in [1.165, 1.54) is 21.8 Å². The van der Waals surface area contributed by atoms with E-state index >= 15 is 4.39 Å². The second kappa shape index (κ2) is 18.7. The molecular formula is C36H37FN12O13P2. The Morgan fingerprint density at radius 2 is 1.66 bits per heavy atom. The molecule has 28 heteroatoms. The van der Waals surface area contributed by atoms with Crippen LogP contribution in [0.3, 0.4) is 0 Å². The van der Waals surface area contributed by atoms with E-state index in [0.717, 1.165) is 6.33 Å². The molecule has 7 heterocycles. The SMILES string of the molecule is CC(C)C(=O)Nc1nc2c(ncn2C2C[C@@H]3OP(=O)(OCC#N)OCC4OC(n5cnc6c(NC(=O)c7ccccc7)ncnc65)[C@H](F)[C@@H]4OP(=O)(OCCC#N)OCC3O2)c(=O)[nH]1. The van der Waals surface area contributed by atoms with Gasteiger partial charge in [0.05, 0.1) is 51.0 Å². The molecule has 4 aromatic heterocycles. The average Bonchev–Trinajstić information content (AvgIpc) is 4.07. The normalized spacial score (nSPS) is 28.4. The van der Waals surface area contributed by atoms with Gasteiger partial charge in [-0.05, 0) is 12.1 Å². The summed E-state index contributed by atoms with van der Waals surface area (Å²) in [4.78, 5) is 61.8. The number of aromatic amines is 1. The summed E-state index contributed by atoms with van der Waals surface area (Å²) < 4.78 is 94.4. The number of nitriles is 2. The third-order valence-corrected chi connectivity index (χ3v) is 12.8. The molecule has 0 radical (unpaired) electrons. The van der Waals surface area contributed by atoms with E-state index in [1.807, 2.05) is 6.07 Å². The van der Waals surface area contributed by atoms with E-state index < -0.39 is 108 Å². The van der Waals surface area contributed by atoms with E-state index in [1.54, 1.807) is 50.2 Å². The van der Waals surface area contributed by atoms with E-state index in [0.29, 0.717) is 5.56 Å². The molecule has 0 spiro atoms. The molecule has 5 aromatic rings. The maximum Gasteiger partial charge on any atom is 0.476 e. The molecule has 0 bridgehead atoms. The summed E-state index contributed by atoms with van der Waals surface area (Å²) in [5.41, 5.74) is -0.457. The Hall–Kier alpha value is -5.89. The molecule has 3 fully saturated rings. The zero-order chi connectivity index (χ0) is 45.2. The number of nitrogens with one attached hydrogen (secondary N) is 3. The summed E-state index contributed by atoms with van der Waals surface area (Å²) in [6.07, 6.45) is -8.06. The molecule has 9 atom stereocenters. The smallest absolute Gasteiger partial charge is 0.349 e. The standard InChI is InChI=1S/C36H37FN12O13P2/c1-19(2)32(50)46-36-45-31-27(34(52)47-36)43-17-48(31)24-13-21-22(59-24)14-57-64(54,55-11-6-9-38)62-28-23(15-58-63(53,61-21)56-12-10-39)60-35(25(28)37)49-18-42-26-29(40-16-41-30(26)49)44-33(51)20-7-4-3-5-8-20/h3-5,7-8,16-19,21-25,28,35H,6,11-15H2,1-2H3,(H,40,41,44,51)(H2,45,46,47,50,52)/t21-,22?,23?,24?,25+,28+,35?,63?,64?/m0/s1. The lowest BCUT2D eigenvalue weighted by Gasteiger charge is -2.29. The number of benzene rings is 1. The van der Waals surface area contributed by atoms with Crippen molar-refractivity contribution in [3.8, 4) is 12.1 Å². The van der Waals surface area contributed by atoms with Crippen molar-refractivity contribution in [2.75, 3.05) is 37.1 Å². The second-order valence-corrected chi connectivity index (χ2v) is 17.7. The van der Waals surface area contributed by atoms with Crippen LogP contribution in [0, 0.1) is 28.6 Å². The lowest BCUT2D eigenvalue weighted by Crippen LogP contribution is -2.36. The Kier molecular flexibility index (Phi) is 13.0. The van der Waals surface area contributed by atoms with Crippen LogP contribution in [-0.4, -0.2) is 108 Å². The van der Waals surface area contributed by atoms with E-state index in [9.17, 15) is 34.0 Å². The number of hydrogen-bond donors (Lipinski definition) is 3. The number of halogens is 1. The minimum atomic E-state index is -4.88. The number of ether oxygens (including phenoxy) is 2. The zero-order valence-corrected chi connectivity index (χ0v) is 35.4. The maximum absolute atomic E-state index is 16.9. The van der Waals surface area contributed by atoms with Crippen LogP contribution >= 0.6 is 15.6 Å². The highest BCUT2D eigenvalue weighted by atomic mass is 31.2. The molecule has 8 rings (SSSR count). The molecule has 2 amide bonds. The summed E-state index contributed by atoms with van der Waals surface area (Å²) in [7, 11) is -9.69. The van der Waals surface area contributed by atoms with Gasteiger partial charge in [0.25, 0.3) is 11.5 Å². The van der Waals surface area contributed by atoms with Gasteiger partial charge < -0.3 is 14.8 Å². The Labute approximate surface area is 360 Å². The van der Waals surface area contributed by atoms with Crippen molar-refractivity contribution < 1.29 is 59.7 Å². The predicted molar refractivity (Wildman–Crippen MR) is 213 cm³/mol. The number of phosphoric acid groups is 2. The lowest BCUT2D eigenvalue weighted by atomic mass is 10.1. The highest BCUT2D eigenvalue weighted by Gasteiger charge is 2.54. The average molecular weight is 927 g/mol. The third-order valence-electron chi connectivity index (χ3n) is 9.92. The lowest BCUT2D eigenvalue weighted by molar-refractivity contribution is -0.118. The molecule has 3 saturated heterocycles. The van der Waals surface area contributed by atoms with Gasteiger partial charge in [-0.3, -0.25) is 61.0 Å². The molecule has 64 heavy (non-hydrogen) atoms. The molecule has 336 valence electrons. The first-order chi connectivity index (χ1) is 30.8. The Morgan fingerprint density at radius 3 is 2.41 bits per heavy atom. The first-order valence-electron chi connectivity index (χ1n) is 19.4. The van der Waals surface area contributed by atoms with Gasteiger partial charge in [-0.25, -0.2) is 33.5 Å². The van der Waals surface area contributed by atoms with Crippen molar-refractivity contribution in [3.63, 3.8) is 0 Å². The topological polar surface area (TPSA) is 321 Å². The molecule has 25 nitrogen and oxygen atoms in total. The first kappa shape index (κ1) is 44.7. The van der Waals surface area contributed by atoms with Gasteiger partial charge in [-0.2, -0.15) is 15.5 Å². The first-order valence-corrected chi connectivity index (χ1v) is 22.4. The largest absolute Gasteiger partial charge is 0.476 e. The van der Waals surface area contributed by atoms with Crippen LogP contribution < -0.4 is 16.2 Å². The zero-order valence-electron chi connectivity index (χ0n) is 33.6. The van der Waals surface area contributed by atoms with Crippen LogP contribution in [-0.2, 0) is 50.5 Å². The van der Waals surface area contributed by atoms with Crippen LogP contribution in [0.15, 0.2) is 54.1 Å². The quantitative estimate of drug-likeness (QED) is 0.125. The van der Waals surface area contributed by atoms with Crippen molar-refractivity contribution in [3.05, 3.63) is 65.2 Å². The van der Waals surface area contributed by atoms with Crippen molar-refractivity contribution in [1.82, 2.24) is 39.0 Å². The number of amides is 2.